The molecule has 21 heavy (non-hydrogen) atoms. The topological polar surface area (TPSA) is 57.0 Å². The van der Waals surface area contributed by atoms with Crippen molar-refractivity contribution in [2.45, 2.75) is 32.4 Å². The molecule has 4 nitrogen and oxygen atoms in total. The molecule has 0 aromatic carbocycles. The molecular formula is C16H19N3OS. The van der Waals surface area contributed by atoms with Crippen LogP contribution in [0.4, 0.5) is 0 Å². The lowest BCUT2D eigenvalue weighted by atomic mass is 10.0. The molecule has 0 spiro atoms. The van der Waals surface area contributed by atoms with Crippen LogP contribution >= 0.6 is 11.3 Å². The van der Waals surface area contributed by atoms with Crippen molar-refractivity contribution in [1.29, 1.82) is 0 Å². The van der Waals surface area contributed by atoms with Gasteiger partial charge in [0.15, 0.2) is 5.82 Å². The molecule has 3 heterocycles. The van der Waals surface area contributed by atoms with Crippen LogP contribution in [0.15, 0.2) is 46.5 Å². The van der Waals surface area contributed by atoms with Crippen molar-refractivity contribution in [1.82, 2.24) is 9.55 Å². The van der Waals surface area contributed by atoms with Gasteiger partial charge in [-0.15, -0.1) is 11.3 Å². The monoisotopic (exact) mass is 301 g/mol. The molecule has 0 aliphatic rings. The third-order valence-electron chi connectivity index (χ3n) is 3.64. The van der Waals surface area contributed by atoms with Crippen LogP contribution in [0.25, 0.3) is 10.7 Å². The van der Waals surface area contributed by atoms with Crippen LogP contribution in [0.5, 0.6) is 0 Å². The van der Waals surface area contributed by atoms with Crippen LogP contribution < -0.4 is 5.73 Å². The first-order valence-electron chi connectivity index (χ1n) is 7.09. The van der Waals surface area contributed by atoms with Crippen LogP contribution in [0, 0.1) is 6.92 Å². The van der Waals surface area contributed by atoms with Crippen molar-refractivity contribution in [3.8, 4) is 10.7 Å². The van der Waals surface area contributed by atoms with Gasteiger partial charge >= 0.3 is 0 Å². The molecule has 0 fully saturated rings. The number of nitrogens with zero attached hydrogens (tertiary/aromatic N) is 2. The maximum Gasteiger partial charge on any atom is 0.150 e. The first kappa shape index (κ1) is 14.1. The summed E-state index contributed by atoms with van der Waals surface area (Å²) in [6, 6.07) is 8.03. The van der Waals surface area contributed by atoms with Crippen molar-refractivity contribution in [2.75, 3.05) is 0 Å². The molecule has 3 rings (SSSR count). The Morgan fingerprint density at radius 2 is 2.24 bits per heavy atom. The number of hydrogen-bond donors (Lipinski definition) is 1. The highest BCUT2D eigenvalue weighted by molar-refractivity contribution is 7.13. The minimum absolute atomic E-state index is 0.0246. The summed E-state index contributed by atoms with van der Waals surface area (Å²) in [5, 5.41) is 2.06. The predicted molar refractivity (Wildman–Crippen MR) is 85.4 cm³/mol. The van der Waals surface area contributed by atoms with Gasteiger partial charge in [-0.25, -0.2) is 4.98 Å². The number of aryl methyl sites for hydroxylation is 1. The molecule has 0 bridgehead atoms. The first-order chi connectivity index (χ1) is 10.2. The lowest BCUT2D eigenvalue weighted by molar-refractivity contribution is 0.367. The highest BCUT2D eigenvalue weighted by Crippen LogP contribution is 2.31. The summed E-state index contributed by atoms with van der Waals surface area (Å²) in [5.74, 6) is 2.72. The summed E-state index contributed by atoms with van der Waals surface area (Å²) in [7, 11) is 0. The van der Waals surface area contributed by atoms with E-state index in [9.17, 15) is 0 Å². The lowest BCUT2D eigenvalue weighted by Gasteiger charge is -2.24. The second-order valence-electron chi connectivity index (χ2n) is 5.10. The molecule has 3 aromatic rings. The molecule has 0 amide bonds. The summed E-state index contributed by atoms with van der Waals surface area (Å²) in [6.45, 7) is 4.04. The zero-order chi connectivity index (χ0) is 14.8. The van der Waals surface area contributed by atoms with Crippen molar-refractivity contribution in [2.24, 2.45) is 5.73 Å². The predicted octanol–water partition coefficient (Wildman–Crippen LogP) is 3.84. The van der Waals surface area contributed by atoms with E-state index in [1.54, 1.807) is 11.3 Å². The molecule has 3 aromatic heterocycles. The molecular weight excluding hydrogens is 282 g/mol. The number of furan rings is 1. The Bertz CT molecular complexity index is 699. The fourth-order valence-corrected chi connectivity index (χ4v) is 3.25. The van der Waals surface area contributed by atoms with Gasteiger partial charge in [0.05, 0.1) is 4.88 Å². The summed E-state index contributed by atoms with van der Waals surface area (Å²) in [6.07, 6.45) is 4.67. The summed E-state index contributed by atoms with van der Waals surface area (Å²) < 4.78 is 7.96. The maximum absolute atomic E-state index is 6.37. The molecule has 0 aliphatic carbocycles. The zero-order valence-electron chi connectivity index (χ0n) is 12.2. The molecule has 0 aliphatic heterocycles. The van der Waals surface area contributed by atoms with Gasteiger partial charge in [-0.2, -0.15) is 0 Å². The molecule has 0 saturated heterocycles. The number of hydrogen-bond acceptors (Lipinski definition) is 4. The maximum atomic E-state index is 6.37. The molecule has 110 valence electrons. The van der Waals surface area contributed by atoms with E-state index in [1.165, 1.54) is 0 Å². The molecule has 2 atom stereocenters. The second-order valence-corrected chi connectivity index (χ2v) is 6.05. The molecule has 0 saturated carbocycles. The van der Waals surface area contributed by atoms with Gasteiger partial charge in [-0.05, 0) is 36.9 Å². The van der Waals surface area contributed by atoms with Crippen molar-refractivity contribution in [3.63, 3.8) is 0 Å². The Balaban J connectivity index is 2.08. The van der Waals surface area contributed by atoms with Crippen molar-refractivity contribution in [3.05, 3.63) is 53.6 Å². The van der Waals surface area contributed by atoms with Gasteiger partial charge in [-0.3, -0.25) is 0 Å². The van der Waals surface area contributed by atoms with Gasteiger partial charge in [-0.1, -0.05) is 13.0 Å². The van der Waals surface area contributed by atoms with Gasteiger partial charge < -0.3 is 14.7 Å². The smallest absolute Gasteiger partial charge is 0.150 e. The Morgan fingerprint density at radius 3 is 2.86 bits per heavy atom. The molecule has 2 unspecified atom stereocenters. The standard InChI is InChI=1S/C16H19N3OS/c1-3-12(17)15(13-7-6-11(2)20-13)19-9-8-18-16(19)14-5-4-10-21-14/h4-10,12,15H,3,17H2,1-2H3. The Kier molecular flexibility index (Phi) is 3.94. The Labute approximate surface area is 128 Å². The molecule has 0 radical (unpaired) electrons. The van der Waals surface area contributed by atoms with Gasteiger partial charge in [0.2, 0.25) is 0 Å². The van der Waals surface area contributed by atoms with E-state index in [4.69, 9.17) is 10.2 Å². The summed E-state index contributed by atoms with van der Waals surface area (Å²) in [5.41, 5.74) is 6.37. The lowest BCUT2D eigenvalue weighted by Crippen LogP contribution is -2.32. The number of rotatable bonds is 5. The van der Waals surface area contributed by atoms with E-state index < -0.39 is 0 Å². The van der Waals surface area contributed by atoms with Gasteiger partial charge in [0.25, 0.3) is 0 Å². The fraction of sp³-hybridized carbons (Fsp3) is 0.312. The minimum Gasteiger partial charge on any atom is -0.464 e. The molecule has 5 heteroatoms. The summed E-state index contributed by atoms with van der Waals surface area (Å²) >= 11 is 1.68. The Hall–Kier alpha value is -1.85. The first-order valence-corrected chi connectivity index (χ1v) is 7.97. The summed E-state index contributed by atoms with van der Waals surface area (Å²) in [4.78, 5) is 5.64. The second kappa shape index (κ2) is 5.87. The van der Waals surface area contributed by atoms with Crippen molar-refractivity contribution >= 4 is 11.3 Å². The van der Waals surface area contributed by atoms with E-state index >= 15 is 0 Å². The van der Waals surface area contributed by atoms with Gasteiger partial charge in [0, 0.05) is 18.4 Å². The average molecular weight is 301 g/mol. The Morgan fingerprint density at radius 1 is 1.38 bits per heavy atom. The van der Waals surface area contributed by atoms with E-state index in [0.717, 1.165) is 28.6 Å². The highest BCUT2D eigenvalue weighted by Gasteiger charge is 2.26. The van der Waals surface area contributed by atoms with E-state index in [-0.39, 0.29) is 12.1 Å². The fourth-order valence-electron chi connectivity index (χ4n) is 2.52. The van der Waals surface area contributed by atoms with E-state index in [1.807, 2.05) is 37.5 Å². The third kappa shape index (κ3) is 2.66. The number of nitrogens with two attached hydrogens (primary N) is 1. The van der Waals surface area contributed by atoms with Crippen LogP contribution in [0.1, 0.15) is 30.9 Å². The largest absolute Gasteiger partial charge is 0.464 e. The van der Waals surface area contributed by atoms with Gasteiger partial charge in [0.1, 0.15) is 17.6 Å². The quantitative estimate of drug-likeness (QED) is 0.779. The van der Waals surface area contributed by atoms with Crippen LogP contribution in [-0.4, -0.2) is 15.6 Å². The van der Waals surface area contributed by atoms with Crippen LogP contribution in [0.2, 0.25) is 0 Å². The van der Waals surface area contributed by atoms with E-state index in [0.29, 0.717) is 0 Å². The van der Waals surface area contributed by atoms with Crippen LogP contribution in [0.3, 0.4) is 0 Å². The number of thiophene rings is 1. The SMILES string of the molecule is CCC(N)C(c1ccc(C)o1)n1ccnc1-c1cccs1. The van der Waals surface area contributed by atoms with Crippen molar-refractivity contribution < 1.29 is 4.42 Å². The van der Waals surface area contributed by atoms with Crippen LogP contribution in [-0.2, 0) is 0 Å². The molecule has 2 N–H and O–H groups in total. The normalized spacial score (nSPS) is 14.2. The zero-order valence-corrected chi connectivity index (χ0v) is 13.0. The average Bonchev–Trinajstić information content (AvgIpc) is 3.19. The minimum atomic E-state index is -0.0386. The number of aromatic nitrogens is 2. The third-order valence-corrected chi connectivity index (χ3v) is 4.51. The van der Waals surface area contributed by atoms with E-state index in [2.05, 4.69) is 27.9 Å². The highest BCUT2D eigenvalue weighted by atomic mass is 32.1. The number of imidazole rings is 1.